The summed E-state index contributed by atoms with van der Waals surface area (Å²) in [6.07, 6.45) is 3.09. The molecule has 0 spiro atoms. The average Bonchev–Trinajstić information content (AvgIpc) is 1.86. The van der Waals surface area contributed by atoms with Gasteiger partial charge in [-0.1, -0.05) is 6.92 Å². The van der Waals surface area contributed by atoms with Crippen molar-refractivity contribution in [2.24, 2.45) is 5.92 Å². The Hall–Kier alpha value is -0.0900. The molecule has 0 radical (unpaired) electrons. The summed E-state index contributed by atoms with van der Waals surface area (Å²) in [4.78, 5) is 0. The van der Waals surface area contributed by atoms with E-state index in [1.165, 1.54) is 0 Å². The van der Waals surface area contributed by atoms with Crippen LogP contribution in [0.15, 0.2) is 0 Å². The van der Waals surface area contributed by atoms with Gasteiger partial charge >= 0.3 is 0 Å². The molecule has 0 aliphatic heterocycles. The lowest BCUT2D eigenvalue weighted by atomic mass is 9.91. The Morgan fingerprint density at radius 2 is 1.64 bits per heavy atom. The molecule has 0 amide bonds. The lowest BCUT2D eigenvalue weighted by Gasteiger charge is -2.23. The van der Waals surface area contributed by atoms with Crippen molar-refractivity contribution in [2.45, 2.75) is 37.9 Å². The minimum Gasteiger partial charge on any atom is -0.285 e. The van der Waals surface area contributed by atoms with Gasteiger partial charge in [-0.2, -0.15) is 8.42 Å². The normalized spacial score (nSPS) is 33.6. The summed E-state index contributed by atoms with van der Waals surface area (Å²) in [6, 6.07) is 0. The van der Waals surface area contributed by atoms with Crippen molar-refractivity contribution < 1.29 is 13.0 Å². The van der Waals surface area contributed by atoms with Crippen LogP contribution in [-0.2, 0) is 10.1 Å². The van der Waals surface area contributed by atoms with E-state index >= 15 is 0 Å². The van der Waals surface area contributed by atoms with Crippen molar-refractivity contribution in [1.29, 1.82) is 0 Å². The van der Waals surface area contributed by atoms with Crippen LogP contribution < -0.4 is 0 Å². The van der Waals surface area contributed by atoms with Gasteiger partial charge in [0.1, 0.15) is 0 Å². The molecule has 0 aromatic heterocycles. The van der Waals surface area contributed by atoms with Crippen molar-refractivity contribution >= 4 is 10.1 Å². The van der Waals surface area contributed by atoms with Crippen LogP contribution >= 0.6 is 0 Å². The molecule has 0 aromatic rings. The van der Waals surface area contributed by atoms with Gasteiger partial charge in [0, 0.05) is 0 Å². The van der Waals surface area contributed by atoms with Crippen molar-refractivity contribution in [3.05, 3.63) is 0 Å². The first kappa shape index (κ1) is 9.00. The predicted octanol–water partition coefficient (Wildman–Crippen LogP) is 1.45. The fraction of sp³-hybridized carbons (Fsp3) is 1.00. The molecule has 0 aromatic carbocycles. The molecular weight excluding hydrogens is 164 g/mol. The number of rotatable bonds is 1. The smallest absolute Gasteiger partial charge is 0.267 e. The molecule has 0 saturated heterocycles. The SMILES string of the molecule is CC1CCC(S(=O)(=O)O)CC1. The summed E-state index contributed by atoms with van der Waals surface area (Å²) < 4.78 is 30.0. The zero-order valence-corrected chi connectivity index (χ0v) is 7.47. The summed E-state index contributed by atoms with van der Waals surface area (Å²) in [6.45, 7) is 2.11. The topological polar surface area (TPSA) is 54.4 Å². The minimum atomic E-state index is -3.75. The first-order valence-corrected chi connectivity index (χ1v) is 5.47. The van der Waals surface area contributed by atoms with E-state index < -0.39 is 15.4 Å². The molecule has 1 rings (SSSR count). The highest BCUT2D eigenvalue weighted by atomic mass is 32.2. The monoisotopic (exact) mass is 178 g/mol. The molecule has 3 nitrogen and oxygen atoms in total. The molecule has 11 heavy (non-hydrogen) atoms. The van der Waals surface area contributed by atoms with Crippen LogP contribution in [0, 0.1) is 5.92 Å². The van der Waals surface area contributed by atoms with Gasteiger partial charge < -0.3 is 0 Å². The van der Waals surface area contributed by atoms with Gasteiger partial charge in [0.25, 0.3) is 10.1 Å². The van der Waals surface area contributed by atoms with Gasteiger partial charge in [-0.05, 0) is 31.6 Å². The maximum atomic E-state index is 10.6. The molecule has 1 saturated carbocycles. The molecule has 0 heterocycles. The minimum absolute atomic E-state index is 0.487. The molecule has 66 valence electrons. The Bertz CT molecular complexity index is 212. The van der Waals surface area contributed by atoms with Crippen LogP contribution in [0.4, 0.5) is 0 Å². The van der Waals surface area contributed by atoms with Gasteiger partial charge in [0.15, 0.2) is 0 Å². The van der Waals surface area contributed by atoms with Gasteiger partial charge in [-0.15, -0.1) is 0 Å². The standard InChI is InChI=1S/C7H14O3S/c1-6-2-4-7(5-3-6)11(8,9)10/h6-7H,2-5H2,1H3,(H,8,9,10). The molecule has 1 N–H and O–H groups in total. The van der Waals surface area contributed by atoms with Crippen LogP contribution in [0.5, 0.6) is 0 Å². The highest BCUT2D eigenvalue weighted by Crippen LogP contribution is 2.27. The number of hydrogen-bond acceptors (Lipinski definition) is 2. The molecule has 0 unspecified atom stereocenters. The van der Waals surface area contributed by atoms with Crippen LogP contribution in [0.2, 0.25) is 0 Å². The first-order chi connectivity index (χ1) is 5.00. The largest absolute Gasteiger partial charge is 0.285 e. The molecule has 0 bridgehead atoms. The fourth-order valence-electron chi connectivity index (χ4n) is 1.53. The van der Waals surface area contributed by atoms with Crippen LogP contribution in [-0.4, -0.2) is 18.2 Å². The van der Waals surface area contributed by atoms with E-state index in [1.54, 1.807) is 0 Å². The Balaban J connectivity index is 2.53. The molecule has 0 atom stereocenters. The van der Waals surface area contributed by atoms with Gasteiger partial charge in [0.2, 0.25) is 0 Å². The molecule has 4 heteroatoms. The van der Waals surface area contributed by atoms with E-state index in [2.05, 4.69) is 6.92 Å². The molecule has 1 aliphatic carbocycles. The van der Waals surface area contributed by atoms with E-state index in [-0.39, 0.29) is 0 Å². The Labute approximate surface area is 67.6 Å². The second kappa shape index (κ2) is 3.11. The second-order valence-electron chi connectivity index (χ2n) is 3.40. The fourth-order valence-corrected chi connectivity index (χ4v) is 2.40. The van der Waals surface area contributed by atoms with E-state index in [0.29, 0.717) is 18.8 Å². The summed E-state index contributed by atoms with van der Waals surface area (Å²) in [5.41, 5.74) is 0. The molecule has 1 aliphatic rings. The Morgan fingerprint density at radius 1 is 1.18 bits per heavy atom. The Kier molecular flexibility index (Phi) is 2.54. The third-order valence-corrected chi connectivity index (χ3v) is 3.70. The van der Waals surface area contributed by atoms with E-state index in [4.69, 9.17) is 4.55 Å². The van der Waals surface area contributed by atoms with E-state index in [0.717, 1.165) is 12.8 Å². The van der Waals surface area contributed by atoms with Crippen molar-refractivity contribution in [1.82, 2.24) is 0 Å². The van der Waals surface area contributed by atoms with Crippen molar-refractivity contribution in [2.75, 3.05) is 0 Å². The van der Waals surface area contributed by atoms with Gasteiger partial charge in [-0.3, -0.25) is 4.55 Å². The van der Waals surface area contributed by atoms with Crippen LogP contribution in [0.1, 0.15) is 32.6 Å². The summed E-state index contributed by atoms with van der Waals surface area (Å²) in [5, 5.41) is -0.487. The average molecular weight is 178 g/mol. The van der Waals surface area contributed by atoms with Crippen LogP contribution in [0.3, 0.4) is 0 Å². The van der Waals surface area contributed by atoms with Crippen molar-refractivity contribution in [3.8, 4) is 0 Å². The van der Waals surface area contributed by atoms with Gasteiger partial charge in [-0.25, -0.2) is 0 Å². The zero-order chi connectivity index (χ0) is 8.48. The highest BCUT2D eigenvalue weighted by molar-refractivity contribution is 7.86. The summed E-state index contributed by atoms with van der Waals surface area (Å²) in [5.74, 6) is 0.619. The lowest BCUT2D eigenvalue weighted by molar-refractivity contribution is 0.364. The highest BCUT2D eigenvalue weighted by Gasteiger charge is 2.27. The van der Waals surface area contributed by atoms with Crippen molar-refractivity contribution in [3.63, 3.8) is 0 Å². The third-order valence-electron chi connectivity index (χ3n) is 2.38. The summed E-state index contributed by atoms with van der Waals surface area (Å²) >= 11 is 0. The quantitative estimate of drug-likeness (QED) is 0.618. The predicted molar refractivity (Wildman–Crippen MR) is 43.0 cm³/mol. The van der Waals surface area contributed by atoms with Crippen LogP contribution in [0.25, 0.3) is 0 Å². The third kappa shape index (κ3) is 2.45. The second-order valence-corrected chi connectivity index (χ2v) is 5.09. The van der Waals surface area contributed by atoms with E-state index in [1.807, 2.05) is 0 Å². The number of hydrogen-bond donors (Lipinski definition) is 1. The van der Waals surface area contributed by atoms with Gasteiger partial charge in [0.05, 0.1) is 5.25 Å². The summed E-state index contributed by atoms with van der Waals surface area (Å²) in [7, 11) is -3.75. The molecule has 1 fully saturated rings. The zero-order valence-electron chi connectivity index (χ0n) is 6.66. The Morgan fingerprint density at radius 3 is 2.00 bits per heavy atom. The lowest BCUT2D eigenvalue weighted by Crippen LogP contribution is -2.25. The maximum absolute atomic E-state index is 10.6. The molecular formula is C7H14O3S. The first-order valence-electron chi connectivity index (χ1n) is 3.96. The van der Waals surface area contributed by atoms with E-state index in [9.17, 15) is 8.42 Å². The maximum Gasteiger partial charge on any atom is 0.267 e.